The molecule has 0 radical (unpaired) electrons. The highest BCUT2D eigenvalue weighted by Gasteiger charge is 2.36. The van der Waals surface area contributed by atoms with Gasteiger partial charge in [-0.3, -0.25) is 4.99 Å². The number of imidazole rings is 1. The molecule has 2 aliphatic rings. The topological polar surface area (TPSA) is 54.7 Å². The number of guanidine groups is 1. The van der Waals surface area contributed by atoms with E-state index in [2.05, 4.69) is 58.7 Å². The van der Waals surface area contributed by atoms with Crippen molar-refractivity contribution in [2.45, 2.75) is 59.1 Å². The summed E-state index contributed by atoms with van der Waals surface area (Å²) in [7, 11) is 1.89. The molecule has 160 valence electrons. The third kappa shape index (κ3) is 5.62. The molecule has 4 atom stereocenters. The second kappa shape index (κ2) is 10.3. The Morgan fingerprint density at radius 1 is 1.32 bits per heavy atom. The van der Waals surface area contributed by atoms with Crippen LogP contribution in [-0.4, -0.2) is 59.8 Å². The summed E-state index contributed by atoms with van der Waals surface area (Å²) >= 11 is 0. The summed E-state index contributed by atoms with van der Waals surface area (Å²) in [5, 5.41) is 3.66. The summed E-state index contributed by atoms with van der Waals surface area (Å²) in [4.78, 5) is 11.2. The lowest BCUT2D eigenvalue weighted by molar-refractivity contribution is -0.0836. The van der Waals surface area contributed by atoms with Gasteiger partial charge in [0.1, 0.15) is 0 Å². The summed E-state index contributed by atoms with van der Waals surface area (Å²) in [6.45, 7) is 13.0. The van der Waals surface area contributed by atoms with Crippen LogP contribution in [0, 0.1) is 17.3 Å². The van der Waals surface area contributed by atoms with Gasteiger partial charge in [0.25, 0.3) is 0 Å². The molecule has 7 heteroatoms. The van der Waals surface area contributed by atoms with Gasteiger partial charge in [-0.1, -0.05) is 27.7 Å². The highest BCUT2D eigenvalue weighted by Crippen LogP contribution is 2.34. The van der Waals surface area contributed by atoms with Crippen LogP contribution in [0.3, 0.4) is 0 Å². The fourth-order valence-electron chi connectivity index (χ4n) is 4.66. The first-order valence-electron chi connectivity index (χ1n) is 10.4. The molecule has 3 heterocycles. The molecule has 2 fully saturated rings. The average molecular weight is 503 g/mol. The molecule has 0 bridgehead atoms. The number of nitrogens with one attached hydrogen (secondary N) is 1. The molecule has 2 aliphatic heterocycles. The van der Waals surface area contributed by atoms with Gasteiger partial charge in [0, 0.05) is 51.6 Å². The lowest BCUT2D eigenvalue weighted by Gasteiger charge is -2.42. The lowest BCUT2D eigenvalue weighted by atomic mass is 9.78. The van der Waals surface area contributed by atoms with E-state index >= 15 is 0 Å². The molecule has 0 aromatic carbocycles. The highest BCUT2D eigenvalue weighted by molar-refractivity contribution is 14.0. The highest BCUT2D eigenvalue weighted by atomic mass is 127. The maximum Gasteiger partial charge on any atom is 0.193 e. The van der Waals surface area contributed by atoms with Crippen molar-refractivity contribution in [3.63, 3.8) is 0 Å². The molecule has 4 unspecified atom stereocenters. The fraction of sp³-hybridized carbons (Fsp3) is 0.810. The Labute approximate surface area is 187 Å². The van der Waals surface area contributed by atoms with Crippen LogP contribution in [0.25, 0.3) is 0 Å². The van der Waals surface area contributed by atoms with Gasteiger partial charge >= 0.3 is 0 Å². The quantitative estimate of drug-likeness (QED) is 0.388. The normalized spacial score (nSPS) is 29.3. The maximum atomic E-state index is 6.14. The number of ether oxygens (including phenoxy) is 1. The Morgan fingerprint density at radius 3 is 2.75 bits per heavy atom. The third-order valence-electron chi connectivity index (χ3n) is 6.16. The Hall–Kier alpha value is -0.830. The Bertz CT molecular complexity index is 613. The molecule has 28 heavy (non-hydrogen) atoms. The molecule has 6 nitrogen and oxygen atoms in total. The molecule has 1 N–H and O–H groups in total. The van der Waals surface area contributed by atoms with Gasteiger partial charge in [0.05, 0.1) is 18.5 Å². The van der Waals surface area contributed by atoms with Crippen LogP contribution in [0.1, 0.15) is 53.0 Å². The van der Waals surface area contributed by atoms with E-state index in [0.29, 0.717) is 24.0 Å². The Kier molecular flexibility index (Phi) is 8.60. The standard InChI is InChI=1S/C21H37N5O.HI/c1-16-8-10-25(14-18(16)26-11-9-23-15-26)20(22-5)24-13-17-7-6-12-27-19(17)21(2,3)4;/h9,11,15-19H,6-8,10,12-14H2,1-5H3,(H,22,24);1H. The Balaban J connectivity index is 0.00000280. The summed E-state index contributed by atoms with van der Waals surface area (Å²) in [6.07, 6.45) is 9.73. The maximum absolute atomic E-state index is 6.14. The van der Waals surface area contributed by atoms with Crippen LogP contribution >= 0.6 is 24.0 Å². The molecule has 3 rings (SSSR count). The molecule has 2 saturated heterocycles. The SMILES string of the molecule is CN=C(NCC1CCCOC1C(C)(C)C)N1CCC(C)C(n2ccnc2)C1.I. The van der Waals surface area contributed by atoms with Crippen molar-refractivity contribution in [2.24, 2.45) is 22.2 Å². The minimum absolute atomic E-state index is 0. The first kappa shape index (κ1) is 23.4. The monoisotopic (exact) mass is 503 g/mol. The van der Waals surface area contributed by atoms with Crippen molar-refractivity contribution < 1.29 is 4.74 Å². The minimum atomic E-state index is 0. The molecule has 1 aromatic rings. The second-order valence-electron chi connectivity index (χ2n) is 9.28. The lowest BCUT2D eigenvalue weighted by Crippen LogP contribution is -2.51. The summed E-state index contributed by atoms with van der Waals surface area (Å²) < 4.78 is 8.39. The number of hydrogen-bond donors (Lipinski definition) is 1. The van der Waals surface area contributed by atoms with Crippen LogP contribution in [-0.2, 0) is 4.74 Å². The summed E-state index contributed by atoms with van der Waals surface area (Å²) in [6, 6.07) is 0.445. The van der Waals surface area contributed by atoms with Gasteiger partial charge in [-0.25, -0.2) is 4.98 Å². The van der Waals surface area contributed by atoms with Crippen LogP contribution in [0.2, 0.25) is 0 Å². The molecule has 0 spiro atoms. The first-order valence-corrected chi connectivity index (χ1v) is 10.4. The fourth-order valence-corrected chi connectivity index (χ4v) is 4.66. The number of nitrogens with zero attached hydrogens (tertiary/aromatic N) is 4. The zero-order valence-corrected chi connectivity index (χ0v) is 20.4. The molecule has 0 amide bonds. The smallest absolute Gasteiger partial charge is 0.193 e. The van der Waals surface area contributed by atoms with Crippen LogP contribution in [0.15, 0.2) is 23.7 Å². The van der Waals surface area contributed by atoms with E-state index in [9.17, 15) is 0 Å². The Morgan fingerprint density at radius 2 is 2.11 bits per heavy atom. The van der Waals surface area contributed by atoms with Crippen molar-refractivity contribution in [3.8, 4) is 0 Å². The molecular formula is C21H38IN5O. The molecule has 0 aliphatic carbocycles. The zero-order chi connectivity index (χ0) is 19.4. The van der Waals surface area contributed by atoms with Gasteiger partial charge < -0.3 is 19.5 Å². The van der Waals surface area contributed by atoms with E-state index in [4.69, 9.17) is 4.74 Å². The van der Waals surface area contributed by atoms with Crippen molar-refractivity contribution >= 4 is 29.9 Å². The van der Waals surface area contributed by atoms with E-state index in [1.165, 1.54) is 12.8 Å². The van der Waals surface area contributed by atoms with Crippen LogP contribution in [0.5, 0.6) is 0 Å². The van der Waals surface area contributed by atoms with Gasteiger partial charge in [-0.05, 0) is 30.6 Å². The molecular weight excluding hydrogens is 465 g/mol. The second-order valence-corrected chi connectivity index (χ2v) is 9.28. The number of aromatic nitrogens is 2. The van der Waals surface area contributed by atoms with Gasteiger partial charge in [0.2, 0.25) is 0 Å². The van der Waals surface area contributed by atoms with Gasteiger partial charge in [-0.15, -0.1) is 24.0 Å². The number of piperidine rings is 1. The van der Waals surface area contributed by atoms with Crippen molar-refractivity contribution in [3.05, 3.63) is 18.7 Å². The van der Waals surface area contributed by atoms with Crippen LogP contribution in [0.4, 0.5) is 0 Å². The zero-order valence-electron chi connectivity index (χ0n) is 18.1. The summed E-state index contributed by atoms with van der Waals surface area (Å²) in [5.41, 5.74) is 0.170. The summed E-state index contributed by atoms with van der Waals surface area (Å²) in [5.74, 6) is 2.19. The third-order valence-corrected chi connectivity index (χ3v) is 6.16. The predicted octanol–water partition coefficient (Wildman–Crippen LogP) is 3.80. The number of likely N-dealkylation sites (tertiary alicyclic amines) is 1. The average Bonchev–Trinajstić information content (AvgIpc) is 3.17. The first-order chi connectivity index (χ1) is 12.9. The van der Waals surface area contributed by atoms with Crippen molar-refractivity contribution in [1.29, 1.82) is 0 Å². The number of rotatable bonds is 3. The van der Waals surface area contributed by atoms with E-state index in [1.807, 2.05) is 19.6 Å². The number of hydrogen-bond acceptors (Lipinski definition) is 3. The number of aliphatic imine (C=N–C) groups is 1. The van der Waals surface area contributed by atoms with Crippen LogP contribution < -0.4 is 5.32 Å². The van der Waals surface area contributed by atoms with E-state index < -0.39 is 0 Å². The van der Waals surface area contributed by atoms with E-state index in [-0.39, 0.29) is 29.4 Å². The largest absolute Gasteiger partial charge is 0.377 e. The van der Waals surface area contributed by atoms with Crippen molar-refractivity contribution in [1.82, 2.24) is 19.8 Å². The van der Waals surface area contributed by atoms with Crippen molar-refractivity contribution in [2.75, 3.05) is 33.3 Å². The molecule has 0 saturated carbocycles. The van der Waals surface area contributed by atoms with E-state index in [0.717, 1.165) is 38.6 Å². The molecule has 1 aromatic heterocycles. The van der Waals surface area contributed by atoms with Gasteiger partial charge in [-0.2, -0.15) is 0 Å². The predicted molar refractivity (Wildman–Crippen MR) is 125 cm³/mol. The number of halogens is 1. The minimum Gasteiger partial charge on any atom is -0.377 e. The van der Waals surface area contributed by atoms with E-state index in [1.54, 1.807) is 0 Å². The van der Waals surface area contributed by atoms with Gasteiger partial charge in [0.15, 0.2) is 5.96 Å².